The molecule has 0 aliphatic carbocycles. The van der Waals surface area contributed by atoms with E-state index >= 15 is 0 Å². The molecule has 2 aromatic carbocycles. The molecule has 1 aliphatic rings. The van der Waals surface area contributed by atoms with Crippen LogP contribution in [0.1, 0.15) is 12.8 Å². The standard InChI is InChI=1S/C24H25N5O3/c30-22(17-32-21-12-5-4-11-20(21)18-8-2-1-3-9-18)27-28-23(31)19-10-6-15-29(16-19)24-25-13-7-14-26-24/h1-5,7-9,11-14,19H,6,10,15-17H2,(H,27,30)(H,28,31). The third kappa shape index (κ3) is 5.40. The lowest BCUT2D eigenvalue weighted by molar-refractivity contribution is -0.132. The number of carbonyl (C=O) groups excluding carboxylic acids is 2. The van der Waals surface area contributed by atoms with Gasteiger partial charge in [0.15, 0.2) is 6.61 Å². The molecule has 1 unspecified atom stereocenters. The van der Waals surface area contributed by atoms with Crippen LogP contribution in [0.3, 0.4) is 0 Å². The van der Waals surface area contributed by atoms with Gasteiger partial charge in [0.2, 0.25) is 11.9 Å². The summed E-state index contributed by atoms with van der Waals surface area (Å²) in [4.78, 5) is 35.3. The average Bonchev–Trinajstić information content (AvgIpc) is 2.87. The molecule has 2 N–H and O–H groups in total. The first-order valence-corrected chi connectivity index (χ1v) is 10.6. The Labute approximate surface area is 186 Å². The van der Waals surface area contributed by atoms with Crippen molar-refractivity contribution >= 4 is 17.8 Å². The van der Waals surface area contributed by atoms with Gasteiger partial charge in [-0.05, 0) is 30.5 Å². The summed E-state index contributed by atoms with van der Waals surface area (Å²) in [5.41, 5.74) is 6.87. The van der Waals surface area contributed by atoms with Crippen molar-refractivity contribution in [1.29, 1.82) is 0 Å². The number of aromatic nitrogens is 2. The molecule has 1 aromatic heterocycles. The van der Waals surface area contributed by atoms with Crippen LogP contribution in [0.25, 0.3) is 11.1 Å². The molecule has 164 valence electrons. The summed E-state index contributed by atoms with van der Waals surface area (Å²) in [6, 6.07) is 19.1. The molecule has 8 nitrogen and oxygen atoms in total. The minimum atomic E-state index is -0.430. The molecule has 1 saturated heterocycles. The number of ether oxygens (including phenoxy) is 1. The summed E-state index contributed by atoms with van der Waals surface area (Å²) in [5, 5.41) is 0. The Morgan fingerprint density at radius 1 is 0.969 bits per heavy atom. The Morgan fingerprint density at radius 2 is 1.72 bits per heavy atom. The summed E-state index contributed by atoms with van der Waals surface area (Å²) in [6.07, 6.45) is 4.96. The maximum absolute atomic E-state index is 12.6. The van der Waals surface area contributed by atoms with Crippen LogP contribution in [0.4, 0.5) is 5.95 Å². The fourth-order valence-corrected chi connectivity index (χ4v) is 3.69. The van der Waals surface area contributed by atoms with Gasteiger partial charge in [0, 0.05) is 31.0 Å². The Morgan fingerprint density at radius 3 is 2.53 bits per heavy atom. The number of nitrogens with zero attached hydrogens (tertiary/aromatic N) is 3. The highest BCUT2D eigenvalue weighted by Gasteiger charge is 2.27. The molecule has 8 heteroatoms. The fraction of sp³-hybridized carbons (Fsp3) is 0.250. The van der Waals surface area contributed by atoms with E-state index in [4.69, 9.17) is 4.74 Å². The number of hydrogen-bond donors (Lipinski definition) is 2. The molecule has 3 aromatic rings. The van der Waals surface area contributed by atoms with E-state index in [9.17, 15) is 9.59 Å². The van der Waals surface area contributed by atoms with Crippen LogP contribution in [0.15, 0.2) is 73.1 Å². The van der Waals surface area contributed by atoms with Crippen molar-refractivity contribution in [3.63, 3.8) is 0 Å². The first-order chi connectivity index (χ1) is 15.7. The van der Waals surface area contributed by atoms with Crippen molar-refractivity contribution in [2.45, 2.75) is 12.8 Å². The van der Waals surface area contributed by atoms with Gasteiger partial charge in [0.05, 0.1) is 5.92 Å². The Bertz CT molecular complexity index is 1050. The SMILES string of the molecule is O=C(COc1ccccc1-c1ccccc1)NNC(=O)C1CCCN(c2ncccn2)C1. The Kier molecular flexibility index (Phi) is 6.91. The molecule has 32 heavy (non-hydrogen) atoms. The quantitative estimate of drug-likeness (QED) is 0.583. The first kappa shape index (κ1) is 21.3. The molecule has 1 fully saturated rings. The number of hydrazine groups is 1. The lowest BCUT2D eigenvalue weighted by Gasteiger charge is -2.31. The van der Waals surface area contributed by atoms with Crippen LogP contribution in [-0.4, -0.2) is 41.5 Å². The van der Waals surface area contributed by atoms with Crippen LogP contribution in [-0.2, 0) is 9.59 Å². The number of amides is 2. The number of rotatable bonds is 6. The van der Waals surface area contributed by atoms with Crippen molar-refractivity contribution < 1.29 is 14.3 Å². The number of carbonyl (C=O) groups is 2. The summed E-state index contributed by atoms with van der Waals surface area (Å²) < 4.78 is 5.72. The van der Waals surface area contributed by atoms with Gasteiger partial charge in [-0.1, -0.05) is 48.5 Å². The van der Waals surface area contributed by atoms with E-state index in [0.29, 0.717) is 18.2 Å². The zero-order chi connectivity index (χ0) is 22.2. The molecule has 0 bridgehead atoms. The monoisotopic (exact) mass is 431 g/mol. The van der Waals surface area contributed by atoms with Crippen LogP contribution >= 0.6 is 0 Å². The third-order valence-corrected chi connectivity index (χ3v) is 5.28. The summed E-state index contributed by atoms with van der Waals surface area (Å²) in [7, 11) is 0. The van der Waals surface area contributed by atoms with Crippen molar-refractivity contribution in [1.82, 2.24) is 20.8 Å². The highest BCUT2D eigenvalue weighted by molar-refractivity contribution is 5.84. The maximum Gasteiger partial charge on any atom is 0.276 e. The minimum absolute atomic E-state index is 0.210. The molecule has 0 saturated carbocycles. The number of piperidine rings is 1. The number of nitrogens with one attached hydrogen (secondary N) is 2. The second kappa shape index (κ2) is 10.4. The van der Waals surface area contributed by atoms with Crippen molar-refractivity contribution in [3.05, 3.63) is 73.1 Å². The lowest BCUT2D eigenvalue weighted by atomic mass is 9.98. The van der Waals surface area contributed by atoms with Crippen LogP contribution in [0.2, 0.25) is 0 Å². The lowest BCUT2D eigenvalue weighted by Crippen LogP contribution is -2.50. The number of anilines is 1. The number of hydrogen-bond acceptors (Lipinski definition) is 6. The van der Waals surface area contributed by atoms with Gasteiger partial charge < -0.3 is 9.64 Å². The minimum Gasteiger partial charge on any atom is -0.483 e. The average molecular weight is 431 g/mol. The molecule has 2 heterocycles. The highest BCUT2D eigenvalue weighted by atomic mass is 16.5. The van der Waals surface area contributed by atoms with E-state index < -0.39 is 5.91 Å². The highest BCUT2D eigenvalue weighted by Crippen LogP contribution is 2.29. The summed E-state index contributed by atoms with van der Waals surface area (Å²) in [5.74, 6) is 0.294. The smallest absolute Gasteiger partial charge is 0.276 e. The van der Waals surface area contributed by atoms with Gasteiger partial charge in [-0.15, -0.1) is 0 Å². The first-order valence-electron chi connectivity index (χ1n) is 10.6. The number of benzene rings is 2. The van der Waals surface area contributed by atoms with E-state index in [1.165, 1.54) is 0 Å². The van der Waals surface area contributed by atoms with Crippen LogP contribution in [0, 0.1) is 5.92 Å². The van der Waals surface area contributed by atoms with E-state index in [1.807, 2.05) is 59.5 Å². The van der Waals surface area contributed by atoms with Gasteiger partial charge in [-0.2, -0.15) is 0 Å². The molecule has 0 spiro atoms. The van der Waals surface area contributed by atoms with Gasteiger partial charge in [0.25, 0.3) is 5.91 Å². The molecule has 1 aliphatic heterocycles. The van der Waals surface area contributed by atoms with Crippen molar-refractivity contribution in [2.75, 3.05) is 24.6 Å². The predicted molar refractivity (Wildman–Crippen MR) is 121 cm³/mol. The van der Waals surface area contributed by atoms with E-state index in [2.05, 4.69) is 20.8 Å². The topological polar surface area (TPSA) is 96.5 Å². The Hall–Kier alpha value is -3.94. The zero-order valence-corrected chi connectivity index (χ0v) is 17.6. The Balaban J connectivity index is 1.27. The van der Waals surface area contributed by atoms with Crippen LogP contribution < -0.4 is 20.5 Å². The normalized spacial score (nSPS) is 15.6. The molecular weight excluding hydrogens is 406 g/mol. The van der Waals surface area contributed by atoms with Gasteiger partial charge in [-0.3, -0.25) is 20.4 Å². The number of para-hydroxylation sites is 1. The molecular formula is C24H25N5O3. The fourth-order valence-electron chi connectivity index (χ4n) is 3.69. The molecule has 4 rings (SSSR count). The van der Waals surface area contributed by atoms with E-state index in [-0.39, 0.29) is 18.4 Å². The molecule has 1 atom stereocenters. The van der Waals surface area contributed by atoms with Crippen molar-refractivity contribution in [2.24, 2.45) is 5.92 Å². The summed E-state index contributed by atoms with van der Waals surface area (Å²) in [6.45, 7) is 1.10. The van der Waals surface area contributed by atoms with Crippen LogP contribution in [0.5, 0.6) is 5.75 Å². The van der Waals surface area contributed by atoms with Gasteiger partial charge in [-0.25, -0.2) is 9.97 Å². The molecule has 2 amide bonds. The second-order valence-electron chi connectivity index (χ2n) is 7.52. The van der Waals surface area contributed by atoms with E-state index in [0.717, 1.165) is 30.5 Å². The van der Waals surface area contributed by atoms with E-state index in [1.54, 1.807) is 18.5 Å². The summed E-state index contributed by atoms with van der Waals surface area (Å²) >= 11 is 0. The van der Waals surface area contributed by atoms with Crippen molar-refractivity contribution in [3.8, 4) is 16.9 Å². The predicted octanol–water partition coefficient (Wildman–Crippen LogP) is 2.59. The third-order valence-electron chi connectivity index (χ3n) is 5.28. The maximum atomic E-state index is 12.6. The largest absolute Gasteiger partial charge is 0.483 e. The second-order valence-corrected chi connectivity index (χ2v) is 7.52. The van der Waals surface area contributed by atoms with Gasteiger partial charge >= 0.3 is 0 Å². The molecule has 0 radical (unpaired) electrons. The zero-order valence-electron chi connectivity index (χ0n) is 17.6. The van der Waals surface area contributed by atoms with Gasteiger partial charge in [0.1, 0.15) is 5.75 Å².